The number of hydrogen-bond donors (Lipinski definition) is 1. The molecule has 0 unspecified atom stereocenters. The van der Waals surface area contributed by atoms with Gasteiger partial charge in [-0.05, 0) is 30.7 Å². The fourth-order valence-corrected chi connectivity index (χ4v) is 0.981. The van der Waals surface area contributed by atoms with Gasteiger partial charge in [0.1, 0.15) is 12.4 Å². The van der Waals surface area contributed by atoms with Crippen LogP contribution in [0.2, 0.25) is 0 Å². The molecule has 3 nitrogen and oxygen atoms in total. The third kappa shape index (κ3) is 2.95. The average molecular weight is 181 g/mol. The first-order valence-electron chi connectivity index (χ1n) is 4.22. The molecule has 0 amide bonds. The van der Waals surface area contributed by atoms with Crippen LogP contribution in [0, 0.1) is 6.92 Å². The lowest BCUT2D eigenvalue weighted by molar-refractivity contribution is 0.146. The third-order valence-corrected chi connectivity index (χ3v) is 1.80. The van der Waals surface area contributed by atoms with Crippen molar-refractivity contribution in [2.75, 3.05) is 26.1 Å². The summed E-state index contributed by atoms with van der Waals surface area (Å²) in [6.07, 6.45) is 0. The molecular formula is C10H15NO2. The summed E-state index contributed by atoms with van der Waals surface area (Å²) in [7, 11) is 1.65. The fraction of sp³-hybridized carbons (Fsp3) is 0.400. The Kier molecular flexibility index (Phi) is 3.58. The molecule has 3 heteroatoms. The van der Waals surface area contributed by atoms with Crippen LogP contribution in [-0.4, -0.2) is 20.3 Å². The fourth-order valence-electron chi connectivity index (χ4n) is 0.981. The average Bonchev–Trinajstić information content (AvgIpc) is 2.12. The van der Waals surface area contributed by atoms with E-state index in [0.717, 1.165) is 17.0 Å². The minimum atomic E-state index is 0.569. The molecule has 72 valence electrons. The summed E-state index contributed by atoms with van der Waals surface area (Å²) in [5.41, 5.74) is 7.49. The Morgan fingerprint density at radius 2 is 2.08 bits per heavy atom. The van der Waals surface area contributed by atoms with Gasteiger partial charge in [-0.15, -0.1) is 0 Å². The Bertz CT molecular complexity index is 274. The van der Waals surface area contributed by atoms with Crippen molar-refractivity contribution in [1.82, 2.24) is 0 Å². The normalized spacial score (nSPS) is 10.0. The van der Waals surface area contributed by atoms with Crippen molar-refractivity contribution in [1.29, 1.82) is 0 Å². The molecule has 0 saturated carbocycles. The molecule has 1 aromatic carbocycles. The van der Waals surface area contributed by atoms with Gasteiger partial charge in [0.15, 0.2) is 0 Å². The van der Waals surface area contributed by atoms with Crippen LogP contribution in [0.3, 0.4) is 0 Å². The monoisotopic (exact) mass is 181 g/mol. The van der Waals surface area contributed by atoms with E-state index in [1.54, 1.807) is 7.11 Å². The standard InChI is InChI=1S/C10H15NO2/c1-8-7-9(3-4-10(8)11)13-6-5-12-2/h3-4,7H,5-6,11H2,1-2H3. The van der Waals surface area contributed by atoms with Crippen LogP contribution in [0.1, 0.15) is 5.56 Å². The number of aryl methyl sites for hydroxylation is 1. The molecule has 0 heterocycles. The minimum absolute atomic E-state index is 0.569. The highest BCUT2D eigenvalue weighted by Gasteiger charge is 1.96. The topological polar surface area (TPSA) is 44.5 Å². The van der Waals surface area contributed by atoms with Crippen LogP contribution in [0.15, 0.2) is 18.2 Å². The molecule has 0 aliphatic rings. The molecule has 0 saturated heterocycles. The second kappa shape index (κ2) is 4.72. The first kappa shape index (κ1) is 9.86. The van der Waals surface area contributed by atoms with Crippen molar-refractivity contribution < 1.29 is 9.47 Å². The number of nitrogen functional groups attached to an aromatic ring is 1. The Morgan fingerprint density at radius 1 is 1.31 bits per heavy atom. The molecule has 0 bridgehead atoms. The Labute approximate surface area is 78.5 Å². The molecule has 1 rings (SSSR count). The molecule has 0 radical (unpaired) electrons. The van der Waals surface area contributed by atoms with Crippen molar-refractivity contribution in [3.8, 4) is 5.75 Å². The summed E-state index contributed by atoms with van der Waals surface area (Å²) in [5, 5.41) is 0. The molecule has 0 fully saturated rings. The van der Waals surface area contributed by atoms with Crippen LogP contribution in [-0.2, 0) is 4.74 Å². The molecule has 13 heavy (non-hydrogen) atoms. The lowest BCUT2D eigenvalue weighted by Crippen LogP contribution is -2.04. The van der Waals surface area contributed by atoms with Gasteiger partial charge in [0.05, 0.1) is 6.61 Å². The maximum absolute atomic E-state index is 5.66. The van der Waals surface area contributed by atoms with Gasteiger partial charge in [-0.3, -0.25) is 0 Å². The van der Waals surface area contributed by atoms with Gasteiger partial charge in [0, 0.05) is 12.8 Å². The van der Waals surface area contributed by atoms with Crippen LogP contribution < -0.4 is 10.5 Å². The van der Waals surface area contributed by atoms with E-state index < -0.39 is 0 Å². The molecule has 0 atom stereocenters. The van der Waals surface area contributed by atoms with Crippen molar-refractivity contribution in [3.63, 3.8) is 0 Å². The first-order chi connectivity index (χ1) is 6.24. The van der Waals surface area contributed by atoms with Gasteiger partial charge in [-0.25, -0.2) is 0 Å². The van der Waals surface area contributed by atoms with Crippen LogP contribution in [0.25, 0.3) is 0 Å². The lowest BCUT2D eigenvalue weighted by atomic mass is 10.2. The van der Waals surface area contributed by atoms with Gasteiger partial charge in [0.25, 0.3) is 0 Å². The number of ether oxygens (including phenoxy) is 2. The van der Waals surface area contributed by atoms with Crippen LogP contribution in [0.5, 0.6) is 5.75 Å². The second-order valence-corrected chi connectivity index (χ2v) is 2.86. The zero-order chi connectivity index (χ0) is 9.68. The number of anilines is 1. The maximum atomic E-state index is 5.66. The number of methoxy groups -OCH3 is 1. The lowest BCUT2D eigenvalue weighted by Gasteiger charge is -2.07. The van der Waals surface area contributed by atoms with Crippen molar-refractivity contribution in [3.05, 3.63) is 23.8 Å². The van der Waals surface area contributed by atoms with Gasteiger partial charge >= 0.3 is 0 Å². The van der Waals surface area contributed by atoms with E-state index in [-0.39, 0.29) is 0 Å². The number of rotatable bonds is 4. The third-order valence-electron chi connectivity index (χ3n) is 1.80. The van der Waals surface area contributed by atoms with Crippen molar-refractivity contribution in [2.45, 2.75) is 6.92 Å². The summed E-state index contributed by atoms with van der Waals surface area (Å²) in [4.78, 5) is 0. The van der Waals surface area contributed by atoms with Crippen LogP contribution in [0.4, 0.5) is 5.69 Å². The SMILES string of the molecule is COCCOc1ccc(N)c(C)c1. The van der Waals surface area contributed by atoms with E-state index in [4.69, 9.17) is 15.2 Å². The van der Waals surface area contributed by atoms with Crippen molar-refractivity contribution >= 4 is 5.69 Å². The van der Waals surface area contributed by atoms with Gasteiger partial charge < -0.3 is 15.2 Å². The Balaban J connectivity index is 2.53. The smallest absolute Gasteiger partial charge is 0.119 e. The molecule has 0 spiro atoms. The summed E-state index contributed by atoms with van der Waals surface area (Å²) >= 11 is 0. The molecule has 0 aromatic heterocycles. The van der Waals surface area contributed by atoms with E-state index in [2.05, 4.69) is 0 Å². The Morgan fingerprint density at radius 3 is 2.69 bits per heavy atom. The highest BCUT2D eigenvalue weighted by molar-refractivity contribution is 5.49. The Hall–Kier alpha value is -1.22. The first-order valence-corrected chi connectivity index (χ1v) is 4.22. The highest BCUT2D eigenvalue weighted by atomic mass is 16.5. The maximum Gasteiger partial charge on any atom is 0.119 e. The van der Waals surface area contributed by atoms with E-state index >= 15 is 0 Å². The largest absolute Gasteiger partial charge is 0.491 e. The van der Waals surface area contributed by atoms with Gasteiger partial charge in [-0.1, -0.05) is 0 Å². The predicted octanol–water partition coefficient (Wildman–Crippen LogP) is 1.60. The number of benzene rings is 1. The highest BCUT2D eigenvalue weighted by Crippen LogP contribution is 2.18. The van der Waals surface area contributed by atoms with E-state index in [1.807, 2.05) is 25.1 Å². The molecular weight excluding hydrogens is 166 g/mol. The summed E-state index contributed by atoms with van der Waals surface area (Å²) in [6, 6.07) is 5.63. The number of hydrogen-bond acceptors (Lipinski definition) is 3. The predicted molar refractivity (Wildman–Crippen MR) is 53.0 cm³/mol. The summed E-state index contributed by atoms with van der Waals surface area (Å²) in [5.74, 6) is 0.837. The summed E-state index contributed by atoms with van der Waals surface area (Å²) in [6.45, 7) is 3.13. The zero-order valence-electron chi connectivity index (χ0n) is 8.04. The molecule has 1 aromatic rings. The quantitative estimate of drug-likeness (QED) is 0.567. The van der Waals surface area contributed by atoms with Crippen molar-refractivity contribution in [2.24, 2.45) is 0 Å². The molecule has 2 N–H and O–H groups in total. The molecule has 0 aliphatic carbocycles. The van der Waals surface area contributed by atoms with Crippen LogP contribution >= 0.6 is 0 Å². The second-order valence-electron chi connectivity index (χ2n) is 2.86. The van der Waals surface area contributed by atoms with Gasteiger partial charge in [0.2, 0.25) is 0 Å². The van der Waals surface area contributed by atoms with E-state index in [1.165, 1.54) is 0 Å². The number of nitrogens with two attached hydrogens (primary N) is 1. The van der Waals surface area contributed by atoms with Gasteiger partial charge in [-0.2, -0.15) is 0 Å². The van der Waals surface area contributed by atoms with E-state index in [9.17, 15) is 0 Å². The summed E-state index contributed by atoms with van der Waals surface area (Å²) < 4.78 is 10.3. The zero-order valence-corrected chi connectivity index (χ0v) is 8.04. The minimum Gasteiger partial charge on any atom is -0.491 e. The molecule has 0 aliphatic heterocycles. The van der Waals surface area contributed by atoms with E-state index in [0.29, 0.717) is 13.2 Å².